The lowest BCUT2D eigenvalue weighted by Gasteiger charge is -2.44. The maximum absolute atomic E-state index is 12.3. The Morgan fingerprint density at radius 1 is 0.762 bits per heavy atom. The number of esters is 3. The first kappa shape index (κ1) is 33.5. The summed E-state index contributed by atoms with van der Waals surface area (Å²) in [4.78, 5) is 36.4. The summed E-state index contributed by atoms with van der Waals surface area (Å²) in [6.07, 6.45) is -3.79. The third kappa shape index (κ3) is 8.07. The van der Waals surface area contributed by atoms with Crippen molar-refractivity contribution < 1.29 is 38.4 Å². The van der Waals surface area contributed by atoms with Gasteiger partial charge in [-0.15, -0.1) is 11.8 Å². The molecular weight excluding hydrogens is 556 g/mol. The number of aromatic hydroxyl groups is 1. The summed E-state index contributed by atoms with van der Waals surface area (Å²) in [5, 5.41) is 11.0. The Labute approximate surface area is 253 Å². The molecule has 2 aromatic carbocycles. The number of ether oxygens (including phenoxy) is 4. The topological polar surface area (TPSA) is 108 Å². The van der Waals surface area contributed by atoms with Gasteiger partial charge in [0.15, 0.2) is 18.3 Å². The molecule has 0 amide bonds. The fourth-order valence-corrected chi connectivity index (χ4v) is 6.62. The number of phenols is 1. The van der Waals surface area contributed by atoms with E-state index in [2.05, 4.69) is 41.5 Å². The molecule has 9 heteroatoms. The number of carbonyl (C=O) groups excluding carboxylic acids is 3. The van der Waals surface area contributed by atoms with Crippen LogP contribution in [0.15, 0.2) is 42.5 Å². The number of carbonyl (C=O) groups is 3. The van der Waals surface area contributed by atoms with Gasteiger partial charge in [0.25, 0.3) is 0 Å². The van der Waals surface area contributed by atoms with Crippen molar-refractivity contribution in [3.63, 3.8) is 0 Å². The molecule has 3 rings (SSSR count). The van der Waals surface area contributed by atoms with Gasteiger partial charge in [-0.2, -0.15) is 0 Å². The van der Waals surface area contributed by atoms with Gasteiger partial charge in [0, 0.05) is 20.8 Å². The van der Waals surface area contributed by atoms with Gasteiger partial charge in [-0.1, -0.05) is 84.0 Å². The molecule has 230 valence electrons. The Kier molecular flexibility index (Phi) is 10.4. The SMILES string of the molecule is CC(=O)OC1C(OC(C)=O)[C@H](S[C@H](c2ccccc2)c2cc(C(C)(C)C)c(O)c(C(C)(C)C)c2)OC(C)[C@@H]1OC(C)=O. The first-order valence-electron chi connectivity index (χ1n) is 14.2. The number of hydrogen-bond acceptors (Lipinski definition) is 9. The van der Waals surface area contributed by atoms with Crippen molar-refractivity contribution in [2.75, 3.05) is 0 Å². The number of phenolic OH excluding ortho intramolecular Hbond substituents is 1. The zero-order chi connectivity index (χ0) is 31.6. The summed E-state index contributed by atoms with van der Waals surface area (Å²) in [6.45, 7) is 17.9. The van der Waals surface area contributed by atoms with Gasteiger partial charge in [0.2, 0.25) is 0 Å². The molecule has 0 radical (unpaired) electrons. The number of hydrogen-bond donors (Lipinski definition) is 1. The average Bonchev–Trinajstić information content (AvgIpc) is 2.85. The van der Waals surface area contributed by atoms with Gasteiger partial charge in [0.05, 0.1) is 11.4 Å². The van der Waals surface area contributed by atoms with Crippen LogP contribution in [0, 0.1) is 0 Å². The van der Waals surface area contributed by atoms with Crippen LogP contribution < -0.4 is 0 Å². The Balaban J connectivity index is 2.21. The molecule has 0 aliphatic carbocycles. The second-order valence-electron chi connectivity index (χ2n) is 12.8. The molecule has 0 spiro atoms. The van der Waals surface area contributed by atoms with E-state index in [1.807, 2.05) is 42.5 Å². The molecule has 1 heterocycles. The van der Waals surface area contributed by atoms with Gasteiger partial charge in [-0.3, -0.25) is 14.4 Å². The largest absolute Gasteiger partial charge is 0.507 e. The fraction of sp³-hybridized carbons (Fsp3) is 0.545. The molecule has 1 fully saturated rings. The summed E-state index contributed by atoms with van der Waals surface area (Å²) in [7, 11) is 0. The third-order valence-corrected chi connectivity index (χ3v) is 8.52. The van der Waals surface area contributed by atoms with Crippen LogP contribution in [0.25, 0.3) is 0 Å². The first-order chi connectivity index (χ1) is 19.4. The van der Waals surface area contributed by atoms with E-state index < -0.39 is 47.8 Å². The van der Waals surface area contributed by atoms with Crippen LogP contribution >= 0.6 is 11.8 Å². The molecule has 0 aromatic heterocycles. The van der Waals surface area contributed by atoms with Crippen molar-refractivity contribution >= 4 is 29.7 Å². The highest BCUT2D eigenvalue weighted by atomic mass is 32.2. The van der Waals surface area contributed by atoms with Crippen LogP contribution in [0.3, 0.4) is 0 Å². The minimum absolute atomic E-state index is 0.273. The molecule has 1 N–H and O–H groups in total. The molecule has 0 saturated carbocycles. The monoisotopic (exact) mass is 600 g/mol. The van der Waals surface area contributed by atoms with Gasteiger partial charge in [0.1, 0.15) is 11.2 Å². The minimum Gasteiger partial charge on any atom is -0.507 e. The number of thioether (sulfide) groups is 1. The Morgan fingerprint density at radius 2 is 1.21 bits per heavy atom. The molecule has 1 aliphatic rings. The van der Waals surface area contributed by atoms with Crippen LogP contribution in [-0.2, 0) is 44.2 Å². The van der Waals surface area contributed by atoms with Crippen molar-refractivity contribution in [2.45, 2.75) is 115 Å². The van der Waals surface area contributed by atoms with Gasteiger partial charge < -0.3 is 24.1 Å². The predicted molar refractivity (Wildman–Crippen MR) is 162 cm³/mol. The fourth-order valence-electron chi connectivity index (χ4n) is 5.14. The van der Waals surface area contributed by atoms with Crippen LogP contribution in [0.4, 0.5) is 0 Å². The second kappa shape index (κ2) is 13.1. The molecular formula is C33H44O8S. The standard InChI is InChI=1S/C33H44O8S/c1-18-27(39-19(2)34)28(40-20(3)35)29(41-21(4)36)31(38-18)42-30(22-14-12-11-13-15-22)23-16-24(32(5,6)7)26(37)25(17-23)33(8,9)10/h11-18,27-31,37H,1-10H3/t18?,27-,28?,29?,30+,31-/m0/s1. The predicted octanol–water partition coefficient (Wildman–Crippen LogP) is 6.35. The normalized spacial score (nSPS) is 23.5. The number of rotatable bonds is 7. The molecule has 42 heavy (non-hydrogen) atoms. The van der Waals surface area contributed by atoms with Crippen molar-refractivity contribution in [1.29, 1.82) is 0 Å². The lowest BCUT2D eigenvalue weighted by atomic mass is 9.78. The second-order valence-corrected chi connectivity index (χ2v) is 14.0. The van der Waals surface area contributed by atoms with Crippen molar-refractivity contribution in [3.05, 3.63) is 64.7 Å². The first-order valence-corrected chi connectivity index (χ1v) is 15.1. The lowest BCUT2D eigenvalue weighted by molar-refractivity contribution is -0.229. The molecule has 0 bridgehead atoms. The molecule has 6 atom stereocenters. The highest BCUT2D eigenvalue weighted by Gasteiger charge is 2.51. The smallest absolute Gasteiger partial charge is 0.303 e. The molecule has 8 nitrogen and oxygen atoms in total. The Morgan fingerprint density at radius 3 is 1.67 bits per heavy atom. The highest BCUT2D eigenvalue weighted by molar-refractivity contribution is 8.00. The summed E-state index contributed by atoms with van der Waals surface area (Å²) in [5.74, 6) is -1.49. The van der Waals surface area contributed by atoms with E-state index in [4.69, 9.17) is 18.9 Å². The van der Waals surface area contributed by atoms with Crippen molar-refractivity contribution in [2.24, 2.45) is 0 Å². The maximum Gasteiger partial charge on any atom is 0.303 e. The van der Waals surface area contributed by atoms with E-state index in [-0.39, 0.29) is 21.8 Å². The van der Waals surface area contributed by atoms with E-state index in [0.29, 0.717) is 0 Å². The van der Waals surface area contributed by atoms with Gasteiger partial charge >= 0.3 is 17.9 Å². The molecule has 1 aliphatic heterocycles. The zero-order valence-electron chi connectivity index (χ0n) is 26.2. The quantitative estimate of drug-likeness (QED) is 0.287. The minimum atomic E-state index is -1.08. The summed E-state index contributed by atoms with van der Waals surface area (Å²) in [5.41, 5.74) is 2.04. The van der Waals surface area contributed by atoms with Crippen molar-refractivity contribution in [3.8, 4) is 5.75 Å². The highest BCUT2D eigenvalue weighted by Crippen LogP contribution is 2.48. The average molecular weight is 601 g/mol. The number of benzene rings is 2. The third-order valence-electron chi connectivity index (χ3n) is 7.06. The zero-order valence-corrected chi connectivity index (χ0v) is 27.0. The van der Waals surface area contributed by atoms with E-state index in [9.17, 15) is 19.5 Å². The Bertz CT molecular complexity index is 1240. The molecule has 2 aromatic rings. The van der Waals surface area contributed by atoms with Crippen LogP contribution in [-0.4, -0.2) is 52.9 Å². The van der Waals surface area contributed by atoms with E-state index in [1.54, 1.807) is 6.92 Å². The van der Waals surface area contributed by atoms with Crippen LogP contribution in [0.1, 0.15) is 96.7 Å². The van der Waals surface area contributed by atoms with Crippen LogP contribution in [0.5, 0.6) is 5.75 Å². The van der Waals surface area contributed by atoms with Crippen molar-refractivity contribution in [1.82, 2.24) is 0 Å². The molecule has 1 saturated heterocycles. The summed E-state index contributed by atoms with van der Waals surface area (Å²) in [6, 6.07) is 13.9. The maximum atomic E-state index is 12.3. The Hall–Kier alpha value is -3.04. The molecule has 3 unspecified atom stereocenters. The van der Waals surface area contributed by atoms with E-state index in [0.717, 1.165) is 22.3 Å². The summed E-state index contributed by atoms with van der Waals surface area (Å²) < 4.78 is 23.3. The van der Waals surface area contributed by atoms with E-state index >= 15 is 0 Å². The van der Waals surface area contributed by atoms with Gasteiger partial charge in [-0.25, -0.2) is 0 Å². The van der Waals surface area contributed by atoms with Crippen LogP contribution in [0.2, 0.25) is 0 Å². The summed E-state index contributed by atoms with van der Waals surface area (Å²) >= 11 is 1.41. The van der Waals surface area contributed by atoms with E-state index in [1.165, 1.54) is 32.5 Å². The van der Waals surface area contributed by atoms with Gasteiger partial charge in [-0.05, 0) is 40.0 Å². The lowest BCUT2D eigenvalue weighted by Crippen LogP contribution is -2.59.